The van der Waals surface area contributed by atoms with Crippen LogP contribution in [0.3, 0.4) is 0 Å². The van der Waals surface area contributed by atoms with Gasteiger partial charge in [0.05, 0.1) is 6.04 Å². The maximum atomic E-state index is 13.0. The van der Waals surface area contributed by atoms with Crippen molar-refractivity contribution in [1.82, 2.24) is 15.2 Å². The van der Waals surface area contributed by atoms with Crippen LogP contribution in [-0.2, 0) is 0 Å². The summed E-state index contributed by atoms with van der Waals surface area (Å²) in [5.41, 5.74) is 0.279. The molecule has 0 bridgehead atoms. The van der Waals surface area contributed by atoms with Crippen LogP contribution in [0.5, 0.6) is 0 Å². The van der Waals surface area contributed by atoms with Gasteiger partial charge in [-0.2, -0.15) is 4.39 Å². The van der Waals surface area contributed by atoms with Crippen molar-refractivity contribution in [2.75, 3.05) is 20.6 Å². The third kappa shape index (κ3) is 3.61. The van der Waals surface area contributed by atoms with Crippen LogP contribution in [0.15, 0.2) is 35.8 Å². The molecule has 0 saturated heterocycles. The molecule has 0 aliphatic rings. The highest BCUT2D eigenvalue weighted by Gasteiger charge is 2.16. The van der Waals surface area contributed by atoms with Crippen molar-refractivity contribution in [2.24, 2.45) is 0 Å². The van der Waals surface area contributed by atoms with Crippen LogP contribution in [0.1, 0.15) is 21.3 Å². The van der Waals surface area contributed by atoms with E-state index in [1.165, 1.54) is 17.1 Å². The number of amides is 1. The summed E-state index contributed by atoms with van der Waals surface area (Å²) < 4.78 is 13.0. The number of nitrogens with one attached hydrogen (secondary N) is 1. The zero-order chi connectivity index (χ0) is 14.5. The van der Waals surface area contributed by atoms with Crippen LogP contribution < -0.4 is 5.32 Å². The Labute approximate surface area is 121 Å². The van der Waals surface area contributed by atoms with Gasteiger partial charge < -0.3 is 10.2 Å². The van der Waals surface area contributed by atoms with Crippen LogP contribution >= 0.6 is 11.3 Å². The Morgan fingerprint density at radius 2 is 2.30 bits per heavy atom. The summed E-state index contributed by atoms with van der Waals surface area (Å²) in [5, 5.41) is 4.83. The number of rotatable bonds is 5. The molecule has 1 unspecified atom stereocenters. The van der Waals surface area contributed by atoms with Gasteiger partial charge >= 0.3 is 0 Å². The lowest BCUT2D eigenvalue weighted by atomic mass is 10.2. The second-order valence-corrected chi connectivity index (χ2v) is 5.55. The molecule has 0 saturated carbocycles. The quantitative estimate of drug-likeness (QED) is 0.861. The van der Waals surface area contributed by atoms with Gasteiger partial charge in [0.2, 0.25) is 5.95 Å². The fraction of sp³-hybridized carbons (Fsp3) is 0.286. The zero-order valence-corrected chi connectivity index (χ0v) is 12.2. The normalized spacial score (nSPS) is 12.4. The summed E-state index contributed by atoms with van der Waals surface area (Å²) in [7, 11) is 3.92. The van der Waals surface area contributed by atoms with E-state index in [2.05, 4.69) is 10.3 Å². The smallest absolute Gasteiger partial charge is 0.251 e. The number of pyridine rings is 1. The fourth-order valence-electron chi connectivity index (χ4n) is 1.85. The highest BCUT2D eigenvalue weighted by Crippen LogP contribution is 2.22. The van der Waals surface area contributed by atoms with Crippen molar-refractivity contribution in [3.8, 4) is 0 Å². The number of halogens is 1. The van der Waals surface area contributed by atoms with Gasteiger partial charge in [0.1, 0.15) is 0 Å². The van der Waals surface area contributed by atoms with Gasteiger partial charge in [-0.15, -0.1) is 11.3 Å². The number of hydrogen-bond acceptors (Lipinski definition) is 4. The number of carbonyl (C=O) groups excluding carboxylic acids is 1. The highest BCUT2D eigenvalue weighted by molar-refractivity contribution is 7.10. The summed E-state index contributed by atoms with van der Waals surface area (Å²) in [4.78, 5) is 18.6. The van der Waals surface area contributed by atoms with Crippen molar-refractivity contribution >= 4 is 17.2 Å². The average molecular weight is 293 g/mol. The van der Waals surface area contributed by atoms with Gasteiger partial charge in [-0.3, -0.25) is 4.79 Å². The first-order valence-electron chi connectivity index (χ1n) is 6.17. The summed E-state index contributed by atoms with van der Waals surface area (Å²) in [6.45, 7) is 0.469. The second-order valence-electron chi connectivity index (χ2n) is 4.57. The number of hydrogen-bond donors (Lipinski definition) is 1. The molecule has 4 nitrogen and oxygen atoms in total. The van der Waals surface area contributed by atoms with Gasteiger partial charge in [0.15, 0.2) is 0 Å². The molecular formula is C14H16FN3OS. The first kappa shape index (κ1) is 14.6. The van der Waals surface area contributed by atoms with E-state index in [1.54, 1.807) is 11.3 Å². The Balaban J connectivity index is 2.01. The van der Waals surface area contributed by atoms with E-state index in [1.807, 2.05) is 36.5 Å². The second kappa shape index (κ2) is 6.58. The number of likely N-dealkylation sites (N-methyl/N-ethyl adjacent to an activating group) is 1. The van der Waals surface area contributed by atoms with E-state index in [0.29, 0.717) is 6.54 Å². The largest absolute Gasteiger partial charge is 0.350 e. The molecule has 106 valence electrons. The SMILES string of the molecule is CN(C)C(CNC(=O)c1ccnc(F)c1)c1cccs1. The predicted octanol–water partition coefficient (Wildman–Crippen LogP) is 2.31. The molecule has 2 aromatic heterocycles. The number of carbonyl (C=O) groups is 1. The Hall–Kier alpha value is -1.79. The first-order valence-corrected chi connectivity index (χ1v) is 7.05. The third-order valence-corrected chi connectivity index (χ3v) is 3.91. The van der Waals surface area contributed by atoms with Crippen LogP contribution in [0.4, 0.5) is 4.39 Å². The minimum absolute atomic E-state index is 0.102. The molecular weight excluding hydrogens is 277 g/mol. The Morgan fingerprint density at radius 3 is 2.90 bits per heavy atom. The van der Waals surface area contributed by atoms with Crippen LogP contribution in [0.2, 0.25) is 0 Å². The molecule has 1 N–H and O–H groups in total. The molecule has 0 radical (unpaired) electrons. The molecule has 2 rings (SSSR count). The van der Waals surface area contributed by atoms with Crippen molar-refractivity contribution in [2.45, 2.75) is 6.04 Å². The average Bonchev–Trinajstić information content (AvgIpc) is 2.92. The summed E-state index contributed by atoms with van der Waals surface area (Å²) >= 11 is 1.65. The Morgan fingerprint density at radius 1 is 1.50 bits per heavy atom. The van der Waals surface area contributed by atoms with Gasteiger partial charge in [0.25, 0.3) is 5.91 Å². The number of thiophene rings is 1. The molecule has 0 aliphatic heterocycles. The number of aromatic nitrogens is 1. The van der Waals surface area contributed by atoms with Gasteiger partial charge in [0, 0.05) is 29.2 Å². The standard InChI is InChI=1S/C14H16FN3OS/c1-18(2)11(12-4-3-7-20-12)9-17-14(19)10-5-6-16-13(15)8-10/h3-8,11H,9H2,1-2H3,(H,17,19). The van der Waals surface area contributed by atoms with E-state index in [9.17, 15) is 9.18 Å². The summed E-state index contributed by atoms with van der Waals surface area (Å²) in [6.07, 6.45) is 1.28. The van der Waals surface area contributed by atoms with E-state index in [0.717, 1.165) is 6.07 Å². The molecule has 0 aliphatic carbocycles. The Kier molecular flexibility index (Phi) is 4.81. The van der Waals surface area contributed by atoms with Crippen LogP contribution in [0, 0.1) is 5.95 Å². The van der Waals surface area contributed by atoms with E-state index >= 15 is 0 Å². The van der Waals surface area contributed by atoms with Crippen molar-refractivity contribution in [3.05, 3.63) is 52.2 Å². The van der Waals surface area contributed by atoms with Gasteiger partial charge in [-0.25, -0.2) is 4.98 Å². The summed E-state index contributed by atoms with van der Waals surface area (Å²) in [5.74, 6) is -0.949. The molecule has 20 heavy (non-hydrogen) atoms. The lowest BCUT2D eigenvalue weighted by Crippen LogP contribution is -2.34. The highest BCUT2D eigenvalue weighted by atomic mass is 32.1. The Bertz CT molecular complexity index is 572. The minimum Gasteiger partial charge on any atom is -0.350 e. The topological polar surface area (TPSA) is 45.2 Å². The van der Waals surface area contributed by atoms with Crippen LogP contribution in [-0.4, -0.2) is 36.4 Å². The first-order chi connectivity index (χ1) is 9.58. The van der Waals surface area contributed by atoms with Crippen molar-refractivity contribution < 1.29 is 9.18 Å². The molecule has 0 fully saturated rings. The molecule has 1 atom stereocenters. The maximum absolute atomic E-state index is 13.0. The van der Waals surface area contributed by atoms with Gasteiger partial charge in [-0.05, 0) is 31.6 Å². The maximum Gasteiger partial charge on any atom is 0.251 e. The lowest BCUT2D eigenvalue weighted by molar-refractivity contribution is 0.0941. The van der Waals surface area contributed by atoms with Gasteiger partial charge in [-0.1, -0.05) is 6.07 Å². The van der Waals surface area contributed by atoms with Crippen molar-refractivity contribution in [3.63, 3.8) is 0 Å². The lowest BCUT2D eigenvalue weighted by Gasteiger charge is -2.23. The molecule has 0 spiro atoms. The van der Waals surface area contributed by atoms with Crippen LogP contribution in [0.25, 0.3) is 0 Å². The summed E-state index contributed by atoms with van der Waals surface area (Å²) in [6, 6.07) is 6.74. The van der Waals surface area contributed by atoms with E-state index in [-0.39, 0.29) is 17.5 Å². The van der Waals surface area contributed by atoms with E-state index in [4.69, 9.17) is 0 Å². The minimum atomic E-state index is -0.653. The number of nitrogens with zero attached hydrogens (tertiary/aromatic N) is 2. The van der Waals surface area contributed by atoms with Crippen molar-refractivity contribution in [1.29, 1.82) is 0 Å². The van der Waals surface area contributed by atoms with E-state index < -0.39 is 5.95 Å². The zero-order valence-electron chi connectivity index (χ0n) is 11.3. The third-order valence-electron chi connectivity index (χ3n) is 2.94. The molecule has 6 heteroatoms. The monoisotopic (exact) mass is 293 g/mol. The fourth-order valence-corrected chi connectivity index (χ4v) is 2.78. The predicted molar refractivity (Wildman–Crippen MR) is 77.3 cm³/mol. The molecule has 2 heterocycles. The molecule has 0 aromatic carbocycles. The molecule has 2 aromatic rings. The molecule has 1 amide bonds.